The first-order valence-electron chi connectivity index (χ1n) is 8.65. The van der Waals surface area contributed by atoms with Crippen molar-refractivity contribution in [1.29, 1.82) is 5.26 Å². The van der Waals surface area contributed by atoms with E-state index in [1.54, 1.807) is 24.3 Å². The molecule has 0 aliphatic rings. The molecule has 0 fully saturated rings. The molecule has 0 saturated carbocycles. The number of carbonyl (C=O) groups excluding carboxylic acids is 1. The summed E-state index contributed by atoms with van der Waals surface area (Å²) in [6.45, 7) is 4.14. The van der Waals surface area contributed by atoms with Crippen molar-refractivity contribution in [3.63, 3.8) is 0 Å². The van der Waals surface area contributed by atoms with Crippen LogP contribution in [-0.4, -0.2) is 21.9 Å². The van der Waals surface area contributed by atoms with Crippen molar-refractivity contribution in [3.8, 4) is 6.07 Å². The SMILES string of the molecule is Cc1cccc(Nc2nnc(SCCC(=O)Nc3ccccc3C#N)s2)c1C. The zero-order valence-corrected chi connectivity index (χ0v) is 17.2. The Hall–Kier alpha value is -2.89. The molecule has 6 nitrogen and oxygen atoms in total. The summed E-state index contributed by atoms with van der Waals surface area (Å²) >= 11 is 2.95. The summed E-state index contributed by atoms with van der Waals surface area (Å²) in [5.41, 5.74) is 4.41. The Kier molecular flexibility index (Phi) is 6.63. The average Bonchev–Trinajstić information content (AvgIpc) is 3.13. The van der Waals surface area contributed by atoms with Crippen LogP contribution >= 0.6 is 23.1 Å². The first-order chi connectivity index (χ1) is 13.6. The number of hydrogen-bond donors (Lipinski definition) is 2. The molecule has 0 aliphatic heterocycles. The van der Waals surface area contributed by atoms with Gasteiger partial charge in [0, 0.05) is 17.9 Å². The third-order valence-corrected chi connectivity index (χ3v) is 6.10. The van der Waals surface area contributed by atoms with E-state index in [0.717, 1.165) is 15.2 Å². The summed E-state index contributed by atoms with van der Waals surface area (Å²) in [4.78, 5) is 12.1. The molecular formula is C20H19N5OS2. The largest absolute Gasteiger partial charge is 0.330 e. The topological polar surface area (TPSA) is 90.7 Å². The number of thioether (sulfide) groups is 1. The Labute approximate surface area is 172 Å². The van der Waals surface area contributed by atoms with Gasteiger partial charge >= 0.3 is 0 Å². The molecule has 8 heteroatoms. The number of aromatic nitrogens is 2. The van der Waals surface area contributed by atoms with E-state index in [9.17, 15) is 4.79 Å². The van der Waals surface area contributed by atoms with E-state index in [-0.39, 0.29) is 5.91 Å². The third kappa shape index (κ3) is 5.09. The van der Waals surface area contributed by atoms with Crippen molar-refractivity contribution in [2.45, 2.75) is 24.6 Å². The van der Waals surface area contributed by atoms with Crippen LogP contribution in [0.5, 0.6) is 0 Å². The van der Waals surface area contributed by atoms with Gasteiger partial charge in [-0.2, -0.15) is 5.26 Å². The molecule has 0 atom stereocenters. The standard InChI is InChI=1S/C20H19N5OS2/c1-13-6-5-9-16(14(13)2)23-19-24-25-20(28-19)27-11-10-18(26)22-17-8-4-3-7-15(17)12-21/h3-9H,10-11H2,1-2H3,(H,22,26)(H,23,24). The van der Waals surface area contributed by atoms with Crippen LogP contribution in [0, 0.1) is 25.2 Å². The van der Waals surface area contributed by atoms with Gasteiger partial charge in [0.2, 0.25) is 11.0 Å². The van der Waals surface area contributed by atoms with Crippen molar-refractivity contribution in [2.24, 2.45) is 0 Å². The Bertz CT molecular complexity index is 1030. The Balaban J connectivity index is 1.50. The Morgan fingerprint density at radius 2 is 1.93 bits per heavy atom. The molecule has 2 N–H and O–H groups in total. The van der Waals surface area contributed by atoms with Crippen LogP contribution in [0.15, 0.2) is 46.8 Å². The minimum Gasteiger partial charge on any atom is -0.330 e. The summed E-state index contributed by atoms with van der Waals surface area (Å²) in [6, 6.07) is 15.1. The molecule has 2 aromatic carbocycles. The second-order valence-corrected chi connectivity index (χ2v) is 8.37. The van der Waals surface area contributed by atoms with Crippen molar-refractivity contribution in [3.05, 3.63) is 59.2 Å². The third-order valence-electron chi connectivity index (χ3n) is 4.13. The van der Waals surface area contributed by atoms with E-state index in [4.69, 9.17) is 5.26 Å². The molecule has 3 rings (SSSR count). The first-order valence-corrected chi connectivity index (χ1v) is 10.5. The van der Waals surface area contributed by atoms with Gasteiger partial charge in [0.1, 0.15) is 6.07 Å². The number of nitriles is 1. The number of nitrogens with one attached hydrogen (secondary N) is 2. The molecule has 0 saturated heterocycles. The van der Waals surface area contributed by atoms with E-state index < -0.39 is 0 Å². The van der Waals surface area contributed by atoms with E-state index in [1.807, 2.05) is 12.1 Å². The van der Waals surface area contributed by atoms with Gasteiger partial charge < -0.3 is 10.6 Å². The predicted molar refractivity (Wildman–Crippen MR) is 114 cm³/mol. The Morgan fingerprint density at radius 1 is 1.14 bits per heavy atom. The second kappa shape index (κ2) is 9.35. The fourth-order valence-electron chi connectivity index (χ4n) is 2.45. The quantitative estimate of drug-likeness (QED) is 0.540. The highest BCUT2D eigenvalue weighted by Crippen LogP contribution is 2.29. The highest BCUT2D eigenvalue weighted by Gasteiger charge is 2.10. The molecule has 1 heterocycles. The van der Waals surface area contributed by atoms with Crippen LogP contribution in [0.4, 0.5) is 16.5 Å². The van der Waals surface area contributed by atoms with Gasteiger partial charge in [-0.05, 0) is 43.2 Å². The number of aryl methyl sites for hydroxylation is 1. The predicted octanol–water partition coefficient (Wildman–Crippen LogP) is 4.89. The molecule has 142 valence electrons. The van der Waals surface area contributed by atoms with E-state index in [1.165, 1.54) is 34.2 Å². The lowest BCUT2D eigenvalue weighted by Crippen LogP contribution is -2.13. The normalized spacial score (nSPS) is 10.3. The maximum absolute atomic E-state index is 12.1. The van der Waals surface area contributed by atoms with Crippen molar-refractivity contribution < 1.29 is 4.79 Å². The number of benzene rings is 2. The van der Waals surface area contributed by atoms with Crippen LogP contribution in [0.2, 0.25) is 0 Å². The van der Waals surface area contributed by atoms with Gasteiger partial charge in [-0.25, -0.2) is 0 Å². The van der Waals surface area contributed by atoms with Gasteiger partial charge in [0.25, 0.3) is 0 Å². The number of para-hydroxylation sites is 1. The lowest BCUT2D eigenvalue weighted by molar-refractivity contribution is -0.115. The van der Waals surface area contributed by atoms with Crippen LogP contribution < -0.4 is 10.6 Å². The summed E-state index contributed by atoms with van der Waals surface area (Å²) in [5.74, 6) is 0.451. The van der Waals surface area contributed by atoms with Crippen molar-refractivity contribution >= 4 is 45.5 Å². The van der Waals surface area contributed by atoms with E-state index in [0.29, 0.717) is 23.4 Å². The van der Waals surface area contributed by atoms with Crippen molar-refractivity contribution in [1.82, 2.24) is 10.2 Å². The molecule has 0 aliphatic carbocycles. The molecule has 0 bridgehead atoms. The smallest absolute Gasteiger partial charge is 0.225 e. The minimum absolute atomic E-state index is 0.131. The number of carbonyl (C=O) groups is 1. The van der Waals surface area contributed by atoms with Crippen LogP contribution in [0.25, 0.3) is 0 Å². The van der Waals surface area contributed by atoms with Crippen LogP contribution in [0.1, 0.15) is 23.1 Å². The van der Waals surface area contributed by atoms with Gasteiger partial charge in [-0.15, -0.1) is 10.2 Å². The highest BCUT2D eigenvalue weighted by atomic mass is 32.2. The molecular weight excluding hydrogens is 390 g/mol. The minimum atomic E-state index is -0.131. The molecule has 1 aromatic heterocycles. The average molecular weight is 410 g/mol. The van der Waals surface area contributed by atoms with Crippen molar-refractivity contribution in [2.75, 3.05) is 16.4 Å². The molecule has 0 spiro atoms. The number of anilines is 3. The molecule has 1 amide bonds. The first kappa shape index (κ1) is 19.9. The van der Waals surface area contributed by atoms with Gasteiger partial charge in [-0.1, -0.05) is 47.4 Å². The highest BCUT2D eigenvalue weighted by molar-refractivity contribution is 8.01. The Morgan fingerprint density at radius 3 is 2.75 bits per heavy atom. The van der Waals surface area contributed by atoms with Gasteiger partial charge in [0.05, 0.1) is 11.3 Å². The number of rotatable bonds is 7. The lowest BCUT2D eigenvalue weighted by atomic mass is 10.1. The molecule has 28 heavy (non-hydrogen) atoms. The monoisotopic (exact) mass is 409 g/mol. The maximum Gasteiger partial charge on any atom is 0.225 e. The maximum atomic E-state index is 12.1. The summed E-state index contributed by atoms with van der Waals surface area (Å²) < 4.78 is 0.804. The number of hydrogen-bond acceptors (Lipinski definition) is 7. The van der Waals surface area contributed by atoms with Gasteiger partial charge in [0.15, 0.2) is 4.34 Å². The van der Waals surface area contributed by atoms with E-state index >= 15 is 0 Å². The van der Waals surface area contributed by atoms with E-state index in [2.05, 4.69) is 46.8 Å². The lowest BCUT2D eigenvalue weighted by Gasteiger charge is -2.08. The zero-order valence-electron chi connectivity index (χ0n) is 15.5. The molecule has 3 aromatic rings. The van der Waals surface area contributed by atoms with Crippen LogP contribution in [-0.2, 0) is 4.79 Å². The van der Waals surface area contributed by atoms with Gasteiger partial charge in [-0.3, -0.25) is 4.79 Å². The molecule has 0 radical (unpaired) electrons. The summed E-state index contributed by atoms with van der Waals surface area (Å²) in [6.07, 6.45) is 0.323. The summed E-state index contributed by atoms with van der Waals surface area (Å²) in [7, 11) is 0. The number of amides is 1. The zero-order chi connectivity index (χ0) is 19.9. The second-order valence-electron chi connectivity index (χ2n) is 6.05. The number of nitrogens with zero attached hydrogens (tertiary/aromatic N) is 3. The molecule has 0 unspecified atom stereocenters. The van der Waals surface area contributed by atoms with Crippen LogP contribution in [0.3, 0.4) is 0 Å². The fourth-order valence-corrected chi connectivity index (χ4v) is 4.23. The fraction of sp³-hybridized carbons (Fsp3) is 0.200. The summed E-state index contributed by atoms with van der Waals surface area (Å²) in [5, 5.41) is 24.2.